The van der Waals surface area contributed by atoms with Crippen molar-refractivity contribution >= 4 is 56.8 Å². The number of amides is 4. The van der Waals surface area contributed by atoms with E-state index in [0.29, 0.717) is 31.9 Å². The molecule has 2 heterocycles. The molecule has 2 aliphatic heterocycles. The fourth-order valence-corrected chi connectivity index (χ4v) is 8.46. The summed E-state index contributed by atoms with van der Waals surface area (Å²) in [5.74, 6) is -6.45. The lowest BCUT2D eigenvalue weighted by Crippen LogP contribution is -2.53. The topological polar surface area (TPSA) is 125 Å². The van der Waals surface area contributed by atoms with Crippen molar-refractivity contribution in [2.75, 3.05) is 12.5 Å². The Bertz CT molecular complexity index is 1820. The number of phenols is 1. The van der Waals surface area contributed by atoms with Gasteiger partial charge in [-0.05, 0) is 72.9 Å². The molecule has 0 radical (unpaired) electrons. The van der Waals surface area contributed by atoms with Gasteiger partial charge in [0.1, 0.15) is 5.82 Å². The highest BCUT2D eigenvalue weighted by molar-refractivity contribution is 9.10. The van der Waals surface area contributed by atoms with E-state index in [2.05, 4.69) is 26.7 Å². The first kappa shape index (κ1) is 29.5. The first-order chi connectivity index (χ1) is 21.6. The number of imide groups is 2. The molecule has 2 aliphatic carbocycles. The minimum absolute atomic E-state index is 0.0882. The van der Waals surface area contributed by atoms with Crippen LogP contribution in [0.4, 0.5) is 10.1 Å². The van der Waals surface area contributed by atoms with E-state index in [0.717, 1.165) is 5.01 Å². The summed E-state index contributed by atoms with van der Waals surface area (Å²) in [7, 11) is 1.41. The normalized spacial score (nSPS) is 28.7. The van der Waals surface area contributed by atoms with Crippen LogP contribution in [0.2, 0.25) is 5.02 Å². The van der Waals surface area contributed by atoms with Crippen molar-refractivity contribution in [1.29, 1.82) is 0 Å². The lowest BCUT2D eigenvalue weighted by atomic mass is 9.49. The maximum Gasteiger partial charge on any atom is 0.260 e. The Kier molecular flexibility index (Phi) is 7.01. The molecular weight excluding hydrogens is 669 g/mol. The fourth-order valence-electron chi connectivity index (χ4n) is 7.88. The number of carbonyl (C=O) groups excluding carboxylic acids is 4. The van der Waals surface area contributed by atoms with Gasteiger partial charge in [0.2, 0.25) is 11.8 Å². The van der Waals surface area contributed by atoms with Gasteiger partial charge in [0.05, 0.1) is 36.0 Å². The van der Waals surface area contributed by atoms with Crippen molar-refractivity contribution in [3.05, 3.63) is 98.8 Å². The number of carbonyl (C=O) groups is 4. The molecular formula is C33H26BrClFN3O6. The van der Waals surface area contributed by atoms with E-state index in [4.69, 9.17) is 16.3 Å². The molecule has 4 aliphatic rings. The number of hydrogen-bond acceptors (Lipinski definition) is 7. The second kappa shape index (κ2) is 10.7. The van der Waals surface area contributed by atoms with Crippen LogP contribution in [-0.4, -0.2) is 40.9 Å². The zero-order chi connectivity index (χ0) is 31.8. The van der Waals surface area contributed by atoms with Crippen LogP contribution < -0.4 is 15.5 Å². The van der Waals surface area contributed by atoms with Crippen LogP contribution >= 0.6 is 27.5 Å². The van der Waals surface area contributed by atoms with Gasteiger partial charge in [0.25, 0.3) is 11.8 Å². The number of anilines is 1. The molecule has 0 bridgehead atoms. The second-order valence-corrected chi connectivity index (χ2v) is 13.1. The molecule has 230 valence electrons. The van der Waals surface area contributed by atoms with Crippen LogP contribution in [0.5, 0.6) is 11.5 Å². The summed E-state index contributed by atoms with van der Waals surface area (Å²) in [6.45, 7) is 0. The number of hydrazine groups is 1. The van der Waals surface area contributed by atoms with E-state index in [-0.39, 0.29) is 30.2 Å². The third kappa shape index (κ3) is 4.31. The predicted octanol–water partition coefficient (Wildman–Crippen LogP) is 5.23. The standard InChI is InChI=1S/C33H26BrClFN3O6/c1-45-25-13-16(34)12-23(28(25)40)27-20-10-11-21-26(30(42)37-29(21)41)22(20)14-24-31(43)39(38-19-8-6-18(36)7-9-19)32(44)33(24,27)15-2-4-17(35)5-3-15/h2-10,12-13,21-22,24,26-27,38,40H,11,14H2,1H3,(H,37,41,42)/t21-,22+,24-,26-,27+,33+/m0/s1. The van der Waals surface area contributed by atoms with Crippen molar-refractivity contribution in [2.24, 2.45) is 23.7 Å². The lowest BCUT2D eigenvalue weighted by Gasteiger charge is -2.50. The average Bonchev–Trinajstić information content (AvgIpc) is 3.43. The first-order valence-corrected chi connectivity index (χ1v) is 15.5. The maximum absolute atomic E-state index is 15.0. The molecule has 6 atom stereocenters. The molecule has 3 aromatic carbocycles. The molecule has 0 aromatic heterocycles. The van der Waals surface area contributed by atoms with Crippen molar-refractivity contribution in [3.63, 3.8) is 0 Å². The molecule has 0 unspecified atom stereocenters. The Labute approximate surface area is 270 Å². The first-order valence-electron chi connectivity index (χ1n) is 14.3. The number of nitrogens with zero attached hydrogens (tertiary/aromatic N) is 1. The molecule has 9 nitrogen and oxygen atoms in total. The number of methoxy groups -OCH3 is 1. The summed E-state index contributed by atoms with van der Waals surface area (Å²) < 4.78 is 19.8. The average molecular weight is 695 g/mol. The van der Waals surface area contributed by atoms with Gasteiger partial charge < -0.3 is 9.84 Å². The highest BCUT2D eigenvalue weighted by Crippen LogP contribution is 2.65. The molecule has 1 saturated carbocycles. The van der Waals surface area contributed by atoms with Crippen LogP contribution in [-0.2, 0) is 24.6 Å². The van der Waals surface area contributed by atoms with E-state index in [1.54, 1.807) is 36.4 Å². The lowest BCUT2D eigenvalue weighted by molar-refractivity contribution is -0.138. The zero-order valence-electron chi connectivity index (χ0n) is 23.7. The monoisotopic (exact) mass is 693 g/mol. The summed E-state index contributed by atoms with van der Waals surface area (Å²) in [5, 5.41) is 15.5. The molecule has 0 spiro atoms. The number of halogens is 3. The zero-order valence-corrected chi connectivity index (χ0v) is 26.1. The minimum atomic E-state index is -1.62. The number of benzene rings is 3. The summed E-state index contributed by atoms with van der Waals surface area (Å²) >= 11 is 9.80. The number of ether oxygens (including phenoxy) is 1. The van der Waals surface area contributed by atoms with Crippen LogP contribution in [0, 0.1) is 29.5 Å². The smallest absolute Gasteiger partial charge is 0.260 e. The quantitative estimate of drug-likeness (QED) is 0.247. The molecule has 3 fully saturated rings. The van der Waals surface area contributed by atoms with E-state index < -0.39 is 58.5 Å². The van der Waals surface area contributed by atoms with Gasteiger partial charge in [-0.25, -0.2) is 4.39 Å². The van der Waals surface area contributed by atoms with E-state index in [1.165, 1.54) is 31.4 Å². The van der Waals surface area contributed by atoms with Crippen molar-refractivity contribution in [3.8, 4) is 11.5 Å². The highest BCUT2D eigenvalue weighted by atomic mass is 79.9. The number of fused-ring (bicyclic) bond motifs is 4. The van der Waals surface area contributed by atoms with E-state index in [9.17, 15) is 23.9 Å². The number of hydrogen-bond donors (Lipinski definition) is 3. The molecule has 3 aromatic rings. The van der Waals surface area contributed by atoms with Gasteiger partial charge in [0, 0.05) is 21.0 Å². The molecule has 2 saturated heterocycles. The molecule has 12 heteroatoms. The van der Waals surface area contributed by atoms with Crippen LogP contribution in [0.1, 0.15) is 29.9 Å². The highest BCUT2D eigenvalue weighted by Gasteiger charge is 2.70. The molecule has 3 N–H and O–H groups in total. The number of allylic oxidation sites excluding steroid dienone is 2. The second-order valence-electron chi connectivity index (χ2n) is 11.8. The van der Waals surface area contributed by atoms with Crippen LogP contribution in [0.3, 0.4) is 0 Å². The third-order valence-electron chi connectivity index (χ3n) is 9.70. The van der Waals surface area contributed by atoms with Crippen LogP contribution in [0.15, 0.2) is 76.8 Å². The largest absolute Gasteiger partial charge is 0.504 e. The van der Waals surface area contributed by atoms with Gasteiger partial charge in [-0.1, -0.05) is 51.3 Å². The van der Waals surface area contributed by atoms with E-state index in [1.807, 2.05) is 6.08 Å². The van der Waals surface area contributed by atoms with Crippen molar-refractivity contribution in [2.45, 2.75) is 24.2 Å². The SMILES string of the molecule is COc1cc(Br)cc([C@H]2C3=CC[C@@H]4C(=O)NC(=O)[C@@H]4[C@@H]3C[C@H]3C(=O)N(Nc4ccc(F)cc4)C(=O)[C@@]23c2ccc(Cl)cc2)c1O. The van der Waals surface area contributed by atoms with Crippen LogP contribution in [0.25, 0.3) is 0 Å². The number of aromatic hydroxyl groups is 1. The van der Waals surface area contributed by atoms with Crippen molar-refractivity contribution < 1.29 is 33.4 Å². The van der Waals surface area contributed by atoms with Crippen molar-refractivity contribution in [1.82, 2.24) is 10.3 Å². The number of phenolic OH excluding ortho intramolecular Hbond substituents is 1. The Hall–Kier alpha value is -4.22. The summed E-state index contributed by atoms with van der Waals surface area (Å²) in [4.78, 5) is 55.5. The summed E-state index contributed by atoms with van der Waals surface area (Å²) in [5.41, 5.74) is 3.04. The van der Waals surface area contributed by atoms with E-state index >= 15 is 4.79 Å². The number of nitrogens with one attached hydrogen (secondary N) is 2. The minimum Gasteiger partial charge on any atom is -0.504 e. The summed E-state index contributed by atoms with van der Waals surface area (Å²) in [6.07, 6.45) is 2.21. The Morgan fingerprint density at radius 3 is 2.44 bits per heavy atom. The fraction of sp³-hybridized carbons (Fsp3) is 0.273. The van der Waals surface area contributed by atoms with Gasteiger partial charge in [-0.3, -0.25) is 29.9 Å². The van der Waals surface area contributed by atoms with Gasteiger partial charge in [0.15, 0.2) is 11.5 Å². The van der Waals surface area contributed by atoms with Gasteiger partial charge >= 0.3 is 0 Å². The third-order valence-corrected chi connectivity index (χ3v) is 10.4. The Morgan fingerprint density at radius 2 is 1.76 bits per heavy atom. The maximum atomic E-state index is 15.0. The molecule has 45 heavy (non-hydrogen) atoms. The van der Waals surface area contributed by atoms with Gasteiger partial charge in [-0.2, -0.15) is 5.01 Å². The molecule has 4 amide bonds. The Balaban J connectivity index is 1.51. The predicted molar refractivity (Wildman–Crippen MR) is 165 cm³/mol. The summed E-state index contributed by atoms with van der Waals surface area (Å²) in [6, 6.07) is 15.2. The Morgan fingerprint density at radius 1 is 1.04 bits per heavy atom. The molecule has 7 rings (SSSR count). The number of rotatable bonds is 5. The van der Waals surface area contributed by atoms with Gasteiger partial charge in [-0.15, -0.1) is 0 Å².